The van der Waals surface area contributed by atoms with E-state index < -0.39 is 0 Å². The quantitative estimate of drug-likeness (QED) is 0.643. The lowest BCUT2D eigenvalue weighted by molar-refractivity contribution is -0.122. The van der Waals surface area contributed by atoms with Gasteiger partial charge in [-0.3, -0.25) is 24.4 Å². The van der Waals surface area contributed by atoms with Crippen molar-refractivity contribution in [1.29, 1.82) is 0 Å². The SMILES string of the molecule is CC(=O)c1c(C)nn(CC(=O)NCc2nc(-c3ccncc3)n[nH]2)c1C. The number of pyridine rings is 1. The Balaban J connectivity index is 1.61. The molecule has 134 valence electrons. The molecule has 3 aromatic heterocycles. The summed E-state index contributed by atoms with van der Waals surface area (Å²) >= 11 is 0. The first-order chi connectivity index (χ1) is 12.5. The number of aryl methyl sites for hydroxylation is 1. The van der Waals surface area contributed by atoms with Gasteiger partial charge in [-0.25, -0.2) is 4.98 Å². The van der Waals surface area contributed by atoms with Crippen LogP contribution in [0.15, 0.2) is 24.5 Å². The van der Waals surface area contributed by atoms with Gasteiger partial charge in [-0.2, -0.15) is 10.2 Å². The number of amides is 1. The number of hydrogen-bond donors (Lipinski definition) is 2. The van der Waals surface area contributed by atoms with Crippen molar-refractivity contribution in [3.8, 4) is 11.4 Å². The molecular weight excluding hydrogens is 334 g/mol. The van der Waals surface area contributed by atoms with Crippen LogP contribution in [0.2, 0.25) is 0 Å². The summed E-state index contributed by atoms with van der Waals surface area (Å²) in [6.45, 7) is 5.28. The monoisotopic (exact) mass is 353 g/mol. The highest BCUT2D eigenvalue weighted by Crippen LogP contribution is 2.14. The van der Waals surface area contributed by atoms with Gasteiger partial charge in [-0.15, -0.1) is 0 Å². The lowest BCUT2D eigenvalue weighted by Gasteiger charge is -2.05. The lowest BCUT2D eigenvalue weighted by Crippen LogP contribution is -2.28. The van der Waals surface area contributed by atoms with E-state index >= 15 is 0 Å². The smallest absolute Gasteiger partial charge is 0.242 e. The second-order valence-corrected chi connectivity index (χ2v) is 5.88. The number of Topliss-reactive ketones (excluding diaryl/α,β-unsaturated/α-hetero) is 1. The molecule has 0 radical (unpaired) electrons. The third-order valence-corrected chi connectivity index (χ3v) is 3.95. The number of aromatic amines is 1. The highest BCUT2D eigenvalue weighted by atomic mass is 16.2. The maximum atomic E-state index is 12.2. The normalized spacial score (nSPS) is 10.7. The molecule has 3 heterocycles. The Morgan fingerprint density at radius 3 is 2.62 bits per heavy atom. The van der Waals surface area contributed by atoms with Crippen LogP contribution in [0.5, 0.6) is 0 Å². The minimum Gasteiger partial charge on any atom is -0.347 e. The van der Waals surface area contributed by atoms with Crippen LogP contribution in [-0.4, -0.2) is 41.6 Å². The van der Waals surface area contributed by atoms with Crippen molar-refractivity contribution >= 4 is 11.7 Å². The summed E-state index contributed by atoms with van der Waals surface area (Å²) in [5.74, 6) is 0.800. The first-order valence-electron chi connectivity index (χ1n) is 8.09. The largest absolute Gasteiger partial charge is 0.347 e. The first-order valence-corrected chi connectivity index (χ1v) is 8.09. The number of carbonyl (C=O) groups excluding carboxylic acids is 2. The minimum atomic E-state index is -0.229. The van der Waals surface area contributed by atoms with Crippen LogP contribution in [0.25, 0.3) is 11.4 Å². The standard InChI is InChI=1S/C17H19N7O2/c1-10-16(12(3)25)11(2)24(23-10)9-15(26)19-8-14-20-17(22-21-14)13-4-6-18-7-5-13/h4-7H,8-9H2,1-3H3,(H,19,26)(H,20,21,22). The lowest BCUT2D eigenvalue weighted by atomic mass is 10.1. The van der Waals surface area contributed by atoms with Gasteiger partial charge in [0.25, 0.3) is 0 Å². The molecule has 0 saturated heterocycles. The fourth-order valence-corrected chi connectivity index (χ4v) is 2.74. The molecule has 0 aromatic carbocycles. The van der Waals surface area contributed by atoms with Crippen LogP contribution in [0.3, 0.4) is 0 Å². The molecule has 3 aromatic rings. The van der Waals surface area contributed by atoms with Gasteiger partial charge in [-0.05, 0) is 32.9 Å². The van der Waals surface area contributed by atoms with E-state index in [9.17, 15) is 9.59 Å². The molecule has 0 aliphatic rings. The second kappa shape index (κ2) is 7.26. The van der Waals surface area contributed by atoms with Crippen LogP contribution in [-0.2, 0) is 17.9 Å². The summed E-state index contributed by atoms with van der Waals surface area (Å²) in [5.41, 5.74) is 2.72. The van der Waals surface area contributed by atoms with Crippen molar-refractivity contribution in [2.24, 2.45) is 0 Å². The van der Waals surface area contributed by atoms with E-state index in [1.807, 2.05) is 0 Å². The molecule has 0 saturated carbocycles. The number of nitrogens with one attached hydrogen (secondary N) is 2. The van der Waals surface area contributed by atoms with Crippen molar-refractivity contribution in [3.63, 3.8) is 0 Å². The molecule has 9 heteroatoms. The zero-order chi connectivity index (χ0) is 18.7. The fraction of sp³-hybridized carbons (Fsp3) is 0.294. The zero-order valence-electron chi connectivity index (χ0n) is 14.8. The minimum absolute atomic E-state index is 0.0330. The Hall–Kier alpha value is -3.36. The van der Waals surface area contributed by atoms with Crippen LogP contribution in [0.4, 0.5) is 0 Å². The van der Waals surface area contributed by atoms with Gasteiger partial charge < -0.3 is 5.32 Å². The molecule has 2 N–H and O–H groups in total. The maximum absolute atomic E-state index is 12.2. The fourth-order valence-electron chi connectivity index (χ4n) is 2.74. The van der Waals surface area contributed by atoms with Crippen LogP contribution < -0.4 is 5.32 Å². The van der Waals surface area contributed by atoms with E-state index in [4.69, 9.17) is 0 Å². The van der Waals surface area contributed by atoms with Crippen molar-refractivity contribution in [2.75, 3.05) is 0 Å². The zero-order valence-corrected chi connectivity index (χ0v) is 14.8. The molecular formula is C17H19N7O2. The first kappa shape index (κ1) is 17.5. The molecule has 0 bridgehead atoms. The van der Waals surface area contributed by atoms with Crippen LogP contribution in [0.1, 0.15) is 34.5 Å². The van der Waals surface area contributed by atoms with E-state index in [1.54, 1.807) is 38.4 Å². The number of rotatable bonds is 6. The van der Waals surface area contributed by atoms with Gasteiger partial charge >= 0.3 is 0 Å². The third kappa shape index (κ3) is 3.66. The number of H-pyrrole nitrogens is 1. The molecule has 3 rings (SSSR count). The summed E-state index contributed by atoms with van der Waals surface area (Å²) in [5, 5.41) is 14.0. The Morgan fingerprint density at radius 2 is 1.96 bits per heavy atom. The molecule has 26 heavy (non-hydrogen) atoms. The number of hydrogen-bond acceptors (Lipinski definition) is 6. The molecule has 0 spiro atoms. The highest BCUT2D eigenvalue weighted by Gasteiger charge is 2.17. The van der Waals surface area contributed by atoms with Crippen molar-refractivity contribution in [1.82, 2.24) is 35.3 Å². The molecule has 0 unspecified atom stereocenters. The summed E-state index contributed by atoms with van der Waals surface area (Å²) in [4.78, 5) is 32.1. The van der Waals surface area contributed by atoms with Crippen molar-refractivity contribution in [2.45, 2.75) is 33.9 Å². The van der Waals surface area contributed by atoms with Crippen LogP contribution in [0, 0.1) is 13.8 Å². The van der Waals surface area contributed by atoms with Crippen LogP contribution >= 0.6 is 0 Å². The van der Waals surface area contributed by atoms with Crippen molar-refractivity contribution in [3.05, 3.63) is 47.3 Å². The van der Waals surface area contributed by atoms with E-state index in [0.717, 1.165) is 5.56 Å². The summed E-state index contributed by atoms with van der Waals surface area (Å²) < 4.78 is 1.53. The summed E-state index contributed by atoms with van der Waals surface area (Å²) in [6.07, 6.45) is 3.33. The Bertz CT molecular complexity index is 943. The predicted molar refractivity (Wildman–Crippen MR) is 93.2 cm³/mol. The van der Waals surface area contributed by atoms with E-state index in [-0.39, 0.29) is 24.8 Å². The van der Waals surface area contributed by atoms with Gasteiger partial charge in [0.15, 0.2) is 11.6 Å². The average molecular weight is 353 g/mol. The third-order valence-electron chi connectivity index (χ3n) is 3.95. The number of carbonyl (C=O) groups is 2. The highest BCUT2D eigenvalue weighted by molar-refractivity contribution is 5.96. The average Bonchev–Trinajstić information content (AvgIpc) is 3.19. The van der Waals surface area contributed by atoms with E-state index in [1.165, 1.54) is 11.6 Å². The maximum Gasteiger partial charge on any atom is 0.242 e. The molecule has 0 aliphatic heterocycles. The topological polar surface area (TPSA) is 118 Å². The molecule has 0 atom stereocenters. The van der Waals surface area contributed by atoms with E-state index in [0.29, 0.717) is 28.6 Å². The van der Waals surface area contributed by atoms with E-state index in [2.05, 4.69) is 30.6 Å². The van der Waals surface area contributed by atoms with Crippen molar-refractivity contribution < 1.29 is 9.59 Å². The van der Waals surface area contributed by atoms with Gasteiger partial charge in [-0.1, -0.05) is 0 Å². The van der Waals surface area contributed by atoms with Gasteiger partial charge in [0, 0.05) is 23.7 Å². The molecule has 0 aliphatic carbocycles. The molecule has 9 nitrogen and oxygen atoms in total. The van der Waals surface area contributed by atoms with Gasteiger partial charge in [0.1, 0.15) is 12.4 Å². The Kier molecular flexibility index (Phi) is 4.87. The summed E-state index contributed by atoms with van der Waals surface area (Å²) in [7, 11) is 0. The molecule has 0 fully saturated rings. The predicted octanol–water partition coefficient (Wildman–Crippen LogP) is 1.20. The Labute approximate surface area is 149 Å². The summed E-state index contributed by atoms with van der Waals surface area (Å²) in [6, 6.07) is 3.61. The molecule has 1 amide bonds. The van der Waals surface area contributed by atoms with Gasteiger partial charge in [0.2, 0.25) is 5.91 Å². The number of ketones is 1. The second-order valence-electron chi connectivity index (χ2n) is 5.88. The Morgan fingerprint density at radius 1 is 1.23 bits per heavy atom. The number of nitrogens with zero attached hydrogens (tertiary/aromatic N) is 5. The number of aromatic nitrogens is 6. The van der Waals surface area contributed by atoms with Gasteiger partial charge in [0.05, 0.1) is 17.8 Å².